The average Bonchev–Trinajstić information content (AvgIpc) is 2.80. The molecule has 2 atom stereocenters. The molecule has 0 aromatic heterocycles. The minimum absolute atomic E-state index is 0.00389. The van der Waals surface area contributed by atoms with Gasteiger partial charge < -0.3 is 15.1 Å². The van der Waals surface area contributed by atoms with Gasteiger partial charge in [-0.15, -0.1) is 0 Å². The summed E-state index contributed by atoms with van der Waals surface area (Å²) in [4.78, 5) is 60.6. The number of amides is 1. The van der Waals surface area contributed by atoms with Gasteiger partial charge in [0.2, 0.25) is 5.91 Å². The summed E-state index contributed by atoms with van der Waals surface area (Å²) in [5.41, 5.74) is -1.02. The number of nitrogens with zero attached hydrogens (tertiary/aromatic N) is 1. The first-order valence-corrected chi connectivity index (χ1v) is 15.4. The predicted octanol–water partition coefficient (Wildman–Crippen LogP) is 6.11. The Kier molecular flexibility index (Phi) is 22.2. The Balaban J connectivity index is 4.10. The van der Waals surface area contributed by atoms with E-state index in [0.717, 1.165) is 19.3 Å². The van der Waals surface area contributed by atoms with Gasteiger partial charge in [-0.1, -0.05) is 84.0 Å². The standard InChI is InChI=1S/C28H53N2O5P/c1-5-6-7-8-9-10-11-12-13-14-15-16-17-19-26(32)22-25(29-24(2)31)23-28(34)36(35)27(33)20-18-21-30(3)4/h25,35H,5-23H2,1-4H3,(H,29,31). The maximum atomic E-state index is 12.4. The first kappa shape index (κ1) is 34.8. The van der Waals surface area contributed by atoms with Gasteiger partial charge in [0, 0.05) is 38.6 Å². The lowest BCUT2D eigenvalue weighted by atomic mass is 10.0. The van der Waals surface area contributed by atoms with E-state index in [4.69, 9.17) is 0 Å². The van der Waals surface area contributed by atoms with Crippen molar-refractivity contribution in [2.24, 2.45) is 0 Å². The van der Waals surface area contributed by atoms with E-state index >= 15 is 0 Å². The summed E-state index contributed by atoms with van der Waals surface area (Å²) < 4.78 is 0. The van der Waals surface area contributed by atoms with Crippen LogP contribution in [0.15, 0.2) is 0 Å². The number of hydrogen-bond donors (Lipinski definition) is 2. The van der Waals surface area contributed by atoms with Crippen LogP contribution in [-0.4, -0.2) is 59.2 Å². The summed E-state index contributed by atoms with van der Waals surface area (Å²) in [6.45, 7) is 4.28. The lowest BCUT2D eigenvalue weighted by Gasteiger charge is -2.18. The third kappa shape index (κ3) is 21.0. The molecule has 0 aliphatic rings. The summed E-state index contributed by atoms with van der Waals surface area (Å²) in [5, 5.41) is 2.64. The molecule has 0 bridgehead atoms. The first-order chi connectivity index (χ1) is 17.2. The summed E-state index contributed by atoms with van der Waals surface area (Å²) >= 11 is 0. The third-order valence-corrected chi connectivity index (χ3v) is 7.68. The minimum atomic E-state index is -2.40. The number of rotatable bonds is 25. The molecule has 1 amide bonds. The predicted molar refractivity (Wildman–Crippen MR) is 149 cm³/mol. The van der Waals surface area contributed by atoms with Crippen molar-refractivity contribution in [1.82, 2.24) is 10.2 Å². The number of carbonyl (C=O) groups excluding carboxylic acids is 4. The molecule has 0 aromatic rings. The molecule has 0 heterocycles. The maximum absolute atomic E-state index is 12.4. The van der Waals surface area contributed by atoms with Crippen molar-refractivity contribution in [2.75, 3.05) is 20.6 Å². The van der Waals surface area contributed by atoms with Crippen LogP contribution < -0.4 is 5.32 Å². The van der Waals surface area contributed by atoms with E-state index in [0.29, 0.717) is 19.4 Å². The molecule has 0 aliphatic carbocycles. The smallest absolute Gasteiger partial charge is 0.217 e. The van der Waals surface area contributed by atoms with Crippen molar-refractivity contribution in [3.05, 3.63) is 0 Å². The van der Waals surface area contributed by atoms with Crippen LogP contribution in [0.3, 0.4) is 0 Å². The molecule has 0 spiro atoms. The zero-order valence-electron chi connectivity index (χ0n) is 23.5. The molecule has 2 N–H and O–H groups in total. The van der Waals surface area contributed by atoms with Crippen LogP contribution in [0, 0.1) is 0 Å². The lowest BCUT2D eigenvalue weighted by molar-refractivity contribution is -0.122. The van der Waals surface area contributed by atoms with E-state index in [1.54, 1.807) is 0 Å². The number of carbonyl (C=O) groups is 4. The van der Waals surface area contributed by atoms with Gasteiger partial charge in [-0.2, -0.15) is 0 Å². The van der Waals surface area contributed by atoms with E-state index in [2.05, 4.69) is 12.2 Å². The lowest BCUT2D eigenvalue weighted by Crippen LogP contribution is -2.36. The van der Waals surface area contributed by atoms with Crippen molar-refractivity contribution in [3.8, 4) is 0 Å². The minimum Gasteiger partial charge on any atom is -0.360 e. The SMILES string of the molecule is CCCCCCCCCCCCCCCC(=O)CC(CC(=O)P(O)C(=O)CCCN(C)C)NC(C)=O. The van der Waals surface area contributed by atoms with Crippen molar-refractivity contribution in [3.63, 3.8) is 0 Å². The zero-order chi connectivity index (χ0) is 27.2. The molecule has 0 saturated heterocycles. The third-order valence-electron chi connectivity index (χ3n) is 6.33. The van der Waals surface area contributed by atoms with E-state index < -0.39 is 25.2 Å². The fourth-order valence-electron chi connectivity index (χ4n) is 4.27. The van der Waals surface area contributed by atoms with Crippen LogP contribution in [0.4, 0.5) is 0 Å². The molecule has 8 heteroatoms. The topological polar surface area (TPSA) is 104 Å². The van der Waals surface area contributed by atoms with Crippen molar-refractivity contribution < 1.29 is 24.1 Å². The molecule has 7 nitrogen and oxygen atoms in total. The highest BCUT2D eigenvalue weighted by Gasteiger charge is 2.27. The Morgan fingerprint density at radius 1 is 0.722 bits per heavy atom. The van der Waals surface area contributed by atoms with E-state index in [1.807, 2.05) is 19.0 Å². The highest BCUT2D eigenvalue weighted by Crippen LogP contribution is 2.36. The number of ketones is 1. The first-order valence-electron chi connectivity index (χ1n) is 14.2. The van der Waals surface area contributed by atoms with E-state index in [-0.39, 0.29) is 31.0 Å². The molecule has 0 radical (unpaired) electrons. The number of nitrogens with one attached hydrogen (secondary N) is 1. The molecule has 210 valence electrons. The van der Waals surface area contributed by atoms with E-state index in [1.165, 1.54) is 71.1 Å². The summed E-state index contributed by atoms with van der Waals surface area (Å²) in [6.07, 6.45) is 17.2. The van der Waals surface area contributed by atoms with Crippen LogP contribution in [0.1, 0.15) is 129 Å². The van der Waals surface area contributed by atoms with E-state index in [9.17, 15) is 24.1 Å². The molecule has 36 heavy (non-hydrogen) atoms. The molecule has 0 aromatic carbocycles. The molecule has 0 saturated carbocycles. The summed E-state index contributed by atoms with van der Waals surface area (Å²) in [7, 11) is 1.38. The second-order valence-electron chi connectivity index (χ2n) is 10.3. The van der Waals surface area contributed by atoms with Crippen LogP contribution in [0.2, 0.25) is 0 Å². The van der Waals surface area contributed by atoms with Crippen molar-refractivity contribution >= 4 is 30.9 Å². The quantitative estimate of drug-likeness (QED) is 0.110. The zero-order valence-corrected chi connectivity index (χ0v) is 24.4. The van der Waals surface area contributed by atoms with Crippen LogP contribution >= 0.6 is 8.15 Å². The van der Waals surface area contributed by atoms with Gasteiger partial charge in [0.25, 0.3) is 0 Å². The molecular formula is C28H53N2O5P. The average molecular weight is 529 g/mol. The normalized spacial score (nSPS) is 12.9. The van der Waals surface area contributed by atoms with Crippen molar-refractivity contribution in [1.29, 1.82) is 0 Å². The van der Waals surface area contributed by atoms with Crippen LogP contribution in [0.5, 0.6) is 0 Å². The van der Waals surface area contributed by atoms with Crippen LogP contribution in [-0.2, 0) is 19.2 Å². The van der Waals surface area contributed by atoms with Crippen LogP contribution in [0.25, 0.3) is 0 Å². The Hall–Kier alpha value is -1.17. The maximum Gasteiger partial charge on any atom is 0.217 e. The highest BCUT2D eigenvalue weighted by molar-refractivity contribution is 7.84. The molecule has 0 aliphatic heterocycles. The molecule has 0 rings (SSSR count). The fraction of sp³-hybridized carbons (Fsp3) is 0.857. The van der Waals surface area contributed by atoms with Gasteiger partial charge in [-0.25, -0.2) is 0 Å². The Labute approximate surface area is 221 Å². The Morgan fingerprint density at radius 3 is 1.69 bits per heavy atom. The number of unbranched alkanes of at least 4 members (excludes halogenated alkanes) is 12. The second kappa shape index (κ2) is 23.0. The summed E-state index contributed by atoms with van der Waals surface area (Å²) in [6, 6.07) is -0.670. The van der Waals surface area contributed by atoms with Gasteiger partial charge in [0.15, 0.2) is 19.2 Å². The monoisotopic (exact) mass is 528 g/mol. The van der Waals surface area contributed by atoms with Gasteiger partial charge >= 0.3 is 0 Å². The fourth-order valence-corrected chi connectivity index (χ4v) is 5.31. The van der Waals surface area contributed by atoms with Gasteiger partial charge in [0.05, 0.1) is 0 Å². The van der Waals surface area contributed by atoms with Gasteiger partial charge in [-0.05, 0) is 33.5 Å². The largest absolute Gasteiger partial charge is 0.360 e. The highest BCUT2D eigenvalue weighted by atomic mass is 31.1. The molecular weight excluding hydrogens is 475 g/mol. The van der Waals surface area contributed by atoms with Crippen molar-refractivity contribution in [2.45, 2.75) is 135 Å². The Bertz CT molecular complexity index is 627. The number of hydrogen-bond acceptors (Lipinski definition) is 6. The second-order valence-corrected chi connectivity index (χ2v) is 12.0. The Morgan fingerprint density at radius 2 is 1.22 bits per heavy atom. The van der Waals surface area contributed by atoms with Gasteiger partial charge in [0.1, 0.15) is 5.78 Å². The van der Waals surface area contributed by atoms with Gasteiger partial charge in [-0.3, -0.25) is 19.2 Å². The number of Topliss-reactive ketones (excluding diaryl/α,β-unsaturated/α-hetero) is 1. The molecule has 2 unspecified atom stereocenters. The summed E-state index contributed by atoms with van der Waals surface area (Å²) in [5.74, 6) is -0.328. The molecule has 0 fully saturated rings.